The number of methoxy groups -OCH3 is 2. The van der Waals surface area contributed by atoms with Crippen LogP contribution in [0, 0.1) is 0 Å². The second-order valence-corrected chi connectivity index (χ2v) is 7.01. The zero-order valence-electron chi connectivity index (χ0n) is 13.6. The number of hydrogen-bond donors (Lipinski definition) is 2. The number of para-hydroxylation sites is 1. The minimum Gasteiger partial charge on any atom is -0.497 e. The molecule has 0 atom stereocenters. The minimum atomic E-state index is -3.95. The van der Waals surface area contributed by atoms with E-state index >= 15 is 0 Å². The van der Waals surface area contributed by atoms with Gasteiger partial charge in [-0.2, -0.15) is 0 Å². The van der Waals surface area contributed by atoms with Crippen LogP contribution in [0.15, 0.2) is 47.4 Å². The van der Waals surface area contributed by atoms with Crippen molar-refractivity contribution in [2.24, 2.45) is 0 Å². The van der Waals surface area contributed by atoms with Crippen molar-refractivity contribution < 1.29 is 22.7 Å². The zero-order chi connectivity index (χ0) is 18.4. The van der Waals surface area contributed by atoms with Gasteiger partial charge in [0.1, 0.15) is 16.4 Å². The Hall–Kier alpha value is -2.29. The van der Waals surface area contributed by atoms with Gasteiger partial charge in [0.15, 0.2) is 0 Å². The lowest BCUT2D eigenvalue weighted by molar-refractivity contribution is -0.115. The highest BCUT2D eigenvalue weighted by Crippen LogP contribution is 2.28. The molecule has 1 amide bonds. The first-order chi connectivity index (χ1) is 11.9. The number of carbonyl (C=O) groups excluding carboxylic acids is 1. The maximum Gasteiger partial charge on any atom is 0.244 e. The van der Waals surface area contributed by atoms with Crippen molar-refractivity contribution in [3.63, 3.8) is 0 Å². The van der Waals surface area contributed by atoms with Gasteiger partial charge in [0.2, 0.25) is 15.9 Å². The van der Waals surface area contributed by atoms with Gasteiger partial charge in [-0.3, -0.25) is 4.79 Å². The van der Waals surface area contributed by atoms with Crippen molar-refractivity contribution in [1.82, 2.24) is 4.72 Å². The molecule has 2 rings (SSSR count). The molecule has 25 heavy (non-hydrogen) atoms. The Morgan fingerprint density at radius 1 is 1.12 bits per heavy atom. The van der Waals surface area contributed by atoms with Crippen LogP contribution in [0.1, 0.15) is 0 Å². The average Bonchev–Trinajstić information content (AvgIpc) is 2.61. The molecule has 0 radical (unpaired) electrons. The second kappa shape index (κ2) is 8.19. The third-order valence-corrected chi connectivity index (χ3v) is 5.00. The van der Waals surface area contributed by atoms with E-state index in [1.165, 1.54) is 32.4 Å². The van der Waals surface area contributed by atoms with Gasteiger partial charge in [0.05, 0.1) is 31.5 Å². The number of ether oxygens (including phenoxy) is 2. The predicted octanol–water partition coefficient (Wildman–Crippen LogP) is 2.27. The highest BCUT2D eigenvalue weighted by atomic mass is 35.5. The molecular weight excluding hydrogens is 368 g/mol. The molecular formula is C16H17ClN2O5S. The van der Waals surface area contributed by atoms with Crippen molar-refractivity contribution in [3.05, 3.63) is 47.5 Å². The molecule has 0 saturated carbocycles. The maximum atomic E-state index is 12.4. The summed E-state index contributed by atoms with van der Waals surface area (Å²) in [5.74, 6) is 0.00905. The summed E-state index contributed by atoms with van der Waals surface area (Å²) in [5, 5.41) is 2.89. The lowest BCUT2D eigenvalue weighted by atomic mass is 10.3. The summed E-state index contributed by atoms with van der Waals surface area (Å²) < 4.78 is 37.1. The number of anilines is 1. The quantitative estimate of drug-likeness (QED) is 0.763. The Morgan fingerprint density at radius 3 is 2.48 bits per heavy atom. The molecule has 0 saturated heterocycles. The Bertz CT molecular complexity index is 871. The third kappa shape index (κ3) is 4.85. The van der Waals surface area contributed by atoms with E-state index < -0.39 is 22.5 Å². The number of benzene rings is 2. The molecule has 134 valence electrons. The van der Waals surface area contributed by atoms with Gasteiger partial charge in [-0.25, -0.2) is 13.1 Å². The van der Waals surface area contributed by atoms with Crippen LogP contribution >= 0.6 is 11.6 Å². The Labute approximate surface area is 151 Å². The first kappa shape index (κ1) is 19.0. The van der Waals surface area contributed by atoms with E-state index in [4.69, 9.17) is 21.1 Å². The molecule has 0 spiro atoms. The fraction of sp³-hybridized carbons (Fsp3) is 0.188. The maximum absolute atomic E-state index is 12.4. The number of halogens is 1. The van der Waals surface area contributed by atoms with Gasteiger partial charge in [-0.1, -0.05) is 23.7 Å². The lowest BCUT2D eigenvalue weighted by Gasteiger charge is -2.12. The van der Waals surface area contributed by atoms with E-state index in [-0.39, 0.29) is 10.6 Å². The van der Waals surface area contributed by atoms with E-state index in [9.17, 15) is 13.2 Å². The SMILES string of the molecule is COc1ccc(S(=O)(=O)NCC(=O)Nc2ccccc2Cl)c(OC)c1. The molecule has 0 heterocycles. The summed E-state index contributed by atoms with van der Waals surface area (Å²) in [6.07, 6.45) is 0. The van der Waals surface area contributed by atoms with Crippen molar-refractivity contribution in [3.8, 4) is 11.5 Å². The molecule has 0 unspecified atom stereocenters. The normalized spacial score (nSPS) is 11.0. The Balaban J connectivity index is 2.09. The van der Waals surface area contributed by atoms with Gasteiger partial charge < -0.3 is 14.8 Å². The first-order valence-electron chi connectivity index (χ1n) is 7.13. The van der Waals surface area contributed by atoms with Crippen molar-refractivity contribution in [2.75, 3.05) is 26.1 Å². The van der Waals surface area contributed by atoms with Crippen molar-refractivity contribution in [2.45, 2.75) is 4.90 Å². The predicted molar refractivity (Wildman–Crippen MR) is 94.8 cm³/mol. The standard InChI is InChI=1S/C16H17ClN2O5S/c1-23-11-7-8-15(14(9-11)24-2)25(21,22)18-10-16(20)19-13-6-4-3-5-12(13)17/h3-9,18H,10H2,1-2H3,(H,19,20). The molecule has 2 N–H and O–H groups in total. The largest absolute Gasteiger partial charge is 0.497 e. The van der Waals surface area contributed by atoms with E-state index in [1.807, 2.05) is 0 Å². The van der Waals surface area contributed by atoms with Crippen molar-refractivity contribution in [1.29, 1.82) is 0 Å². The summed E-state index contributed by atoms with van der Waals surface area (Å²) in [6, 6.07) is 10.9. The number of sulfonamides is 1. The molecule has 0 bridgehead atoms. The Morgan fingerprint density at radius 2 is 1.84 bits per heavy atom. The molecule has 0 fully saturated rings. The molecule has 0 aliphatic heterocycles. The van der Waals surface area contributed by atoms with Gasteiger partial charge >= 0.3 is 0 Å². The van der Waals surface area contributed by atoms with Crippen LogP contribution in [-0.4, -0.2) is 35.1 Å². The molecule has 9 heteroatoms. The summed E-state index contributed by atoms with van der Waals surface area (Å²) >= 11 is 5.94. The molecule has 0 aliphatic carbocycles. The average molecular weight is 385 g/mol. The number of nitrogens with one attached hydrogen (secondary N) is 2. The fourth-order valence-electron chi connectivity index (χ4n) is 1.99. The van der Waals surface area contributed by atoms with Crippen LogP contribution in [0.3, 0.4) is 0 Å². The Kier molecular flexibility index (Phi) is 6.24. The van der Waals surface area contributed by atoms with Crippen LogP contribution < -0.4 is 19.5 Å². The van der Waals surface area contributed by atoms with E-state index in [1.54, 1.807) is 24.3 Å². The lowest BCUT2D eigenvalue weighted by Crippen LogP contribution is -2.33. The third-order valence-electron chi connectivity index (χ3n) is 3.23. The smallest absolute Gasteiger partial charge is 0.244 e. The highest BCUT2D eigenvalue weighted by molar-refractivity contribution is 7.89. The summed E-state index contributed by atoms with van der Waals surface area (Å²) in [5.41, 5.74) is 0.399. The van der Waals surface area contributed by atoms with Crippen LogP contribution in [0.25, 0.3) is 0 Å². The number of hydrogen-bond acceptors (Lipinski definition) is 5. The topological polar surface area (TPSA) is 93.7 Å². The highest BCUT2D eigenvalue weighted by Gasteiger charge is 2.21. The van der Waals surface area contributed by atoms with Crippen molar-refractivity contribution >= 4 is 33.2 Å². The van der Waals surface area contributed by atoms with Crippen LogP contribution in [-0.2, 0) is 14.8 Å². The molecule has 7 nitrogen and oxygen atoms in total. The van der Waals surface area contributed by atoms with Crippen LogP contribution in [0.5, 0.6) is 11.5 Å². The van der Waals surface area contributed by atoms with Gasteiger partial charge in [0, 0.05) is 6.07 Å². The number of rotatable bonds is 7. The monoisotopic (exact) mass is 384 g/mol. The van der Waals surface area contributed by atoms with Crippen LogP contribution in [0.2, 0.25) is 5.02 Å². The summed E-state index contributed by atoms with van der Waals surface area (Å²) in [6.45, 7) is -0.456. The number of amides is 1. The molecule has 0 aliphatic rings. The molecule has 2 aromatic rings. The van der Waals surface area contributed by atoms with Gasteiger partial charge in [-0.15, -0.1) is 0 Å². The van der Waals surface area contributed by atoms with Gasteiger partial charge in [0.25, 0.3) is 0 Å². The van der Waals surface area contributed by atoms with E-state index in [2.05, 4.69) is 10.0 Å². The fourth-order valence-corrected chi connectivity index (χ4v) is 3.31. The molecule has 0 aromatic heterocycles. The zero-order valence-corrected chi connectivity index (χ0v) is 15.1. The molecule has 2 aromatic carbocycles. The summed E-state index contributed by atoms with van der Waals surface area (Å²) in [4.78, 5) is 11.9. The van der Waals surface area contributed by atoms with E-state index in [0.717, 1.165) is 0 Å². The minimum absolute atomic E-state index is 0.0960. The number of carbonyl (C=O) groups is 1. The van der Waals surface area contributed by atoms with E-state index in [0.29, 0.717) is 16.5 Å². The first-order valence-corrected chi connectivity index (χ1v) is 8.99. The summed E-state index contributed by atoms with van der Waals surface area (Å²) in [7, 11) is -1.15. The van der Waals surface area contributed by atoms with Crippen LogP contribution in [0.4, 0.5) is 5.69 Å². The second-order valence-electron chi connectivity index (χ2n) is 4.87. The van der Waals surface area contributed by atoms with Gasteiger partial charge in [-0.05, 0) is 24.3 Å².